The lowest BCUT2D eigenvalue weighted by Gasteiger charge is -2.28. The smallest absolute Gasteiger partial charge is 0.0540 e. The number of hydrogen-bond donors (Lipinski definition) is 0. The van der Waals surface area contributed by atoms with Crippen molar-refractivity contribution in [3.05, 3.63) is 188 Å². The second-order valence-corrected chi connectivity index (χ2v) is 13.2. The van der Waals surface area contributed by atoms with Gasteiger partial charge in [0.2, 0.25) is 0 Å². The molecule has 0 amide bonds. The lowest BCUT2D eigenvalue weighted by Crippen LogP contribution is -2.11. The summed E-state index contributed by atoms with van der Waals surface area (Å²) in [4.78, 5) is 2.40. The second kappa shape index (κ2) is 12.0. The Morgan fingerprint density at radius 3 is 1.71 bits per heavy atom. The summed E-state index contributed by atoms with van der Waals surface area (Å²) < 4.78 is 2.63. The van der Waals surface area contributed by atoms with E-state index < -0.39 is 0 Å². The van der Waals surface area contributed by atoms with Crippen LogP contribution in [0.5, 0.6) is 0 Å². The lowest BCUT2D eigenvalue weighted by molar-refractivity contribution is 1.28. The predicted octanol–water partition coefficient (Wildman–Crippen LogP) is 13.7. The van der Waals surface area contributed by atoms with Crippen molar-refractivity contribution >= 4 is 59.3 Å². The molecule has 226 valence electrons. The minimum Gasteiger partial charge on any atom is -0.310 e. The average Bonchev–Trinajstić information content (AvgIpc) is 3.55. The number of benzene rings is 8. The molecule has 0 aliphatic carbocycles. The van der Waals surface area contributed by atoms with Gasteiger partial charge in [-0.25, -0.2) is 0 Å². The Morgan fingerprint density at radius 2 is 0.917 bits per heavy atom. The molecule has 0 atom stereocenters. The van der Waals surface area contributed by atoms with Gasteiger partial charge in [0, 0.05) is 42.7 Å². The molecular weight excluding hydrogens is 599 g/mol. The maximum atomic E-state index is 2.40. The summed E-state index contributed by atoms with van der Waals surface area (Å²) in [5.41, 5.74) is 10.7. The van der Waals surface area contributed by atoms with E-state index in [1.54, 1.807) is 0 Å². The Kier molecular flexibility index (Phi) is 7.07. The van der Waals surface area contributed by atoms with Crippen molar-refractivity contribution < 1.29 is 0 Å². The number of para-hydroxylation sites is 1. The molecule has 0 N–H and O–H groups in total. The van der Waals surface area contributed by atoms with Crippen LogP contribution in [0, 0.1) is 0 Å². The van der Waals surface area contributed by atoms with Gasteiger partial charge >= 0.3 is 0 Å². The summed E-state index contributed by atoms with van der Waals surface area (Å²) in [5, 5.41) is 5.13. The molecule has 0 saturated heterocycles. The minimum atomic E-state index is 1.11. The summed E-state index contributed by atoms with van der Waals surface area (Å²) in [5.74, 6) is 0. The third-order valence-corrected chi connectivity index (χ3v) is 10.5. The highest BCUT2D eigenvalue weighted by molar-refractivity contribution is 7.26. The number of rotatable bonds is 6. The van der Waals surface area contributed by atoms with Gasteiger partial charge in [0.15, 0.2) is 0 Å². The van der Waals surface area contributed by atoms with Crippen molar-refractivity contribution in [2.45, 2.75) is 0 Å². The van der Waals surface area contributed by atoms with E-state index in [2.05, 4.69) is 193 Å². The maximum Gasteiger partial charge on any atom is 0.0540 e. The molecule has 0 spiro atoms. The van der Waals surface area contributed by atoms with Crippen LogP contribution in [-0.2, 0) is 0 Å². The van der Waals surface area contributed by atoms with Gasteiger partial charge in [-0.1, -0.05) is 146 Å². The van der Waals surface area contributed by atoms with Gasteiger partial charge in [0.05, 0.1) is 5.69 Å². The van der Waals surface area contributed by atoms with E-state index in [0.29, 0.717) is 0 Å². The van der Waals surface area contributed by atoms with Crippen LogP contribution >= 0.6 is 11.3 Å². The van der Waals surface area contributed by atoms with Crippen LogP contribution in [0.1, 0.15) is 0 Å². The largest absolute Gasteiger partial charge is 0.310 e. The zero-order chi connectivity index (χ0) is 31.9. The highest BCUT2D eigenvalue weighted by Gasteiger charge is 2.19. The lowest BCUT2D eigenvalue weighted by atomic mass is 9.98. The number of hydrogen-bond acceptors (Lipinski definition) is 2. The van der Waals surface area contributed by atoms with Crippen LogP contribution in [0.4, 0.5) is 17.1 Å². The fourth-order valence-electron chi connectivity index (χ4n) is 6.89. The summed E-state index contributed by atoms with van der Waals surface area (Å²) >= 11 is 1.88. The first-order valence-corrected chi connectivity index (χ1v) is 17.2. The van der Waals surface area contributed by atoms with Crippen molar-refractivity contribution in [2.24, 2.45) is 0 Å². The first-order valence-electron chi connectivity index (χ1n) is 16.3. The minimum absolute atomic E-state index is 1.11. The molecule has 1 heterocycles. The molecule has 0 saturated carbocycles. The first-order chi connectivity index (χ1) is 23.8. The van der Waals surface area contributed by atoms with Gasteiger partial charge in [0.1, 0.15) is 0 Å². The molecule has 1 aromatic heterocycles. The van der Waals surface area contributed by atoms with Crippen LogP contribution in [0.15, 0.2) is 188 Å². The molecule has 0 aliphatic rings. The fraction of sp³-hybridized carbons (Fsp3) is 0. The van der Waals surface area contributed by atoms with E-state index >= 15 is 0 Å². The standard InChI is InChI=1S/C46H31NS/c1-2-11-32(12-3-1)34-23-27-38(28-24-34)47(39-29-25-35(26-30-39)37-22-21-33-13-4-5-14-36(33)31-37)44-19-8-6-15-40(44)42-17-10-18-43-41-16-7-9-20-45(41)48-46(42)43/h1-31H. The zero-order valence-corrected chi connectivity index (χ0v) is 27.1. The van der Waals surface area contributed by atoms with Crippen LogP contribution in [0.3, 0.4) is 0 Å². The van der Waals surface area contributed by atoms with Crippen molar-refractivity contribution in [3.63, 3.8) is 0 Å². The fourth-order valence-corrected chi connectivity index (χ4v) is 8.12. The second-order valence-electron chi connectivity index (χ2n) is 12.2. The van der Waals surface area contributed by atoms with Crippen molar-refractivity contribution in [1.82, 2.24) is 0 Å². The molecule has 0 aliphatic heterocycles. The molecule has 8 aromatic carbocycles. The Labute approximate surface area is 284 Å². The summed E-state index contributed by atoms with van der Waals surface area (Å²) in [7, 11) is 0. The Hall–Kier alpha value is -5.96. The normalized spacial score (nSPS) is 11.3. The molecule has 0 fully saturated rings. The SMILES string of the molecule is c1ccc(-c2ccc(N(c3ccc(-c4ccc5ccccc5c4)cc3)c3ccccc3-c3cccc4c3sc3ccccc34)cc2)cc1. The van der Waals surface area contributed by atoms with Crippen LogP contribution < -0.4 is 4.90 Å². The summed E-state index contributed by atoms with van der Waals surface area (Å²) in [6, 6.07) is 68.1. The molecule has 0 bridgehead atoms. The first kappa shape index (κ1) is 28.3. The number of fused-ring (bicyclic) bond motifs is 4. The maximum absolute atomic E-state index is 2.40. The molecule has 2 heteroatoms. The van der Waals surface area contributed by atoms with E-state index in [-0.39, 0.29) is 0 Å². The molecule has 9 rings (SSSR count). The van der Waals surface area contributed by atoms with E-state index in [9.17, 15) is 0 Å². The van der Waals surface area contributed by atoms with Crippen LogP contribution in [0.25, 0.3) is 64.3 Å². The van der Waals surface area contributed by atoms with Crippen LogP contribution in [-0.4, -0.2) is 0 Å². The van der Waals surface area contributed by atoms with Gasteiger partial charge in [-0.2, -0.15) is 0 Å². The molecule has 48 heavy (non-hydrogen) atoms. The summed E-state index contributed by atoms with van der Waals surface area (Å²) in [6.07, 6.45) is 0. The Balaban J connectivity index is 1.20. The Bertz CT molecular complexity index is 2540. The predicted molar refractivity (Wildman–Crippen MR) is 208 cm³/mol. The average molecular weight is 630 g/mol. The highest BCUT2D eigenvalue weighted by atomic mass is 32.1. The molecule has 9 aromatic rings. The van der Waals surface area contributed by atoms with Crippen molar-refractivity contribution in [1.29, 1.82) is 0 Å². The van der Waals surface area contributed by atoms with Gasteiger partial charge in [-0.05, 0) is 75.5 Å². The van der Waals surface area contributed by atoms with Crippen molar-refractivity contribution in [2.75, 3.05) is 4.90 Å². The third kappa shape index (κ3) is 5.04. The summed E-state index contributed by atoms with van der Waals surface area (Å²) in [6.45, 7) is 0. The van der Waals surface area contributed by atoms with Gasteiger partial charge in [-0.3, -0.25) is 0 Å². The highest BCUT2D eigenvalue weighted by Crippen LogP contribution is 2.46. The van der Waals surface area contributed by atoms with Gasteiger partial charge < -0.3 is 4.90 Å². The number of nitrogens with zero attached hydrogens (tertiary/aromatic N) is 1. The van der Waals surface area contributed by atoms with E-state index in [1.807, 2.05) is 11.3 Å². The van der Waals surface area contributed by atoms with E-state index in [1.165, 1.54) is 64.3 Å². The third-order valence-electron chi connectivity index (χ3n) is 9.28. The molecular formula is C46H31NS. The van der Waals surface area contributed by atoms with E-state index in [4.69, 9.17) is 0 Å². The van der Waals surface area contributed by atoms with E-state index in [0.717, 1.165) is 17.1 Å². The zero-order valence-electron chi connectivity index (χ0n) is 26.3. The van der Waals surface area contributed by atoms with Crippen LogP contribution in [0.2, 0.25) is 0 Å². The topological polar surface area (TPSA) is 3.24 Å². The molecule has 0 radical (unpaired) electrons. The van der Waals surface area contributed by atoms with Gasteiger partial charge in [0.25, 0.3) is 0 Å². The van der Waals surface area contributed by atoms with Gasteiger partial charge in [-0.15, -0.1) is 11.3 Å². The number of thiophene rings is 1. The number of anilines is 3. The monoisotopic (exact) mass is 629 g/mol. The quantitative estimate of drug-likeness (QED) is 0.177. The molecule has 0 unspecified atom stereocenters. The van der Waals surface area contributed by atoms with Crippen molar-refractivity contribution in [3.8, 4) is 33.4 Å². The molecule has 1 nitrogen and oxygen atoms in total. The Morgan fingerprint density at radius 1 is 0.354 bits per heavy atom.